The van der Waals surface area contributed by atoms with Crippen molar-refractivity contribution in [2.45, 2.75) is 12.8 Å². The molecule has 2 aromatic rings. The van der Waals surface area contributed by atoms with Crippen LogP contribution >= 0.6 is 11.8 Å². The highest BCUT2D eigenvalue weighted by atomic mass is 32.2. The number of aryl methyl sites for hydroxylation is 1. The smallest absolute Gasteiger partial charge is 0.137 e. The van der Waals surface area contributed by atoms with Crippen LogP contribution in [-0.4, -0.2) is 22.0 Å². The van der Waals surface area contributed by atoms with Crippen LogP contribution in [0.3, 0.4) is 0 Å². The summed E-state index contributed by atoms with van der Waals surface area (Å²) in [7, 11) is 0. The van der Waals surface area contributed by atoms with Gasteiger partial charge in [0.2, 0.25) is 0 Å². The molecule has 0 spiro atoms. The van der Waals surface area contributed by atoms with E-state index in [1.807, 2.05) is 18.0 Å². The number of rotatable bonds is 5. The van der Waals surface area contributed by atoms with E-state index in [4.69, 9.17) is 0 Å². The maximum atomic E-state index is 4.26. The number of hydrogen-bond acceptors (Lipinski definition) is 2. The molecule has 0 saturated carbocycles. The molecular formula is C13H16N2S. The fourth-order valence-corrected chi connectivity index (χ4v) is 2.15. The largest absolute Gasteiger partial charge is 0.345 e. The number of benzene rings is 1. The average Bonchev–Trinajstić information content (AvgIpc) is 2.83. The van der Waals surface area contributed by atoms with Crippen molar-refractivity contribution in [2.75, 3.05) is 12.0 Å². The van der Waals surface area contributed by atoms with Crippen molar-refractivity contribution in [2.24, 2.45) is 0 Å². The number of thioether (sulfide) groups is 1. The molecule has 3 heteroatoms. The maximum absolute atomic E-state index is 4.26. The van der Waals surface area contributed by atoms with E-state index in [0.29, 0.717) is 0 Å². The molecule has 0 amide bonds. The summed E-state index contributed by atoms with van der Waals surface area (Å²) in [6.45, 7) is 0. The Kier molecular flexibility index (Phi) is 4.05. The minimum Gasteiger partial charge on any atom is -0.345 e. The number of aromatic nitrogens is 2. The molecule has 0 bridgehead atoms. The molecule has 1 aromatic heterocycles. The molecule has 0 unspecified atom stereocenters. The predicted octanol–water partition coefficient (Wildman–Crippen LogP) is 3.37. The summed E-state index contributed by atoms with van der Waals surface area (Å²) < 4.78 is 0. The Bertz CT molecular complexity index is 423. The first-order chi connectivity index (χ1) is 7.90. The minimum atomic E-state index is 0.951. The normalized spacial score (nSPS) is 10.6. The van der Waals surface area contributed by atoms with Crippen LogP contribution in [0.4, 0.5) is 0 Å². The number of aromatic amines is 1. The van der Waals surface area contributed by atoms with Gasteiger partial charge in [0.1, 0.15) is 5.82 Å². The molecule has 2 nitrogen and oxygen atoms in total. The molecule has 0 atom stereocenters. The van der Waals surface area contributed by atoms with Crippen LogP contribution in [0.5, 0.6) is 0 Å². The van der Waals surface area contributed by atoms with Gasteiger partial charge in [0.25, 0.3) is 0 Å². The van der Waals surface area contributed by atoms with Crippen LogP contribution in [0.25, 0.3) is 11.4 Å². The second-order valence-corrected chi connectivity index (χ2v) is 4.72. The monoisotopic (exact) mass is 232 g/mol. The molecule has 0 aliphatic rings. The van der Waals surface area contributed by atoms with Gasteiger partial charge in [-0.05, 0) is 36.5 Å². The van der Waals surface area contributed by atoms with Crippen LogP contribution in [0, 0.1) is 0 Å². The molecule has 1 N–H and O–H groups in total. The molecule has 84 valence electrons. The quantitative estimate of drug-likeness (QED) is 0.801. The Balaban J connectivity index is 2.08. The molecule has 0 saturated heterocycles. The average molecular weight is 232 g/mol. The van der Waals surface area contributed by atoms with Crippen LogP contribution in [0.2, 0.25) is 0 Å². The van der Waals surface area contributed by atoms with Crippen LogP contribution in [0.15, 0.2) is 36.7 Å². The van der Waals surface area contributed by atoms with E-state index >= 15 is 0 Å². The summed E-state index contributed by atoms with van der Waals surface area (Å²) in [6.07, 6.45) is 8.18. The van der Waals surface area contributed by atoms with Gasteiger partial charge in [-0.2, -0.15) is 11.8 Å². The van der Waals surface area contributed by atoms with Crippen LogP contribution in [0.1, 0.15) is 12.0 Å². The van der Waals surface area contributed by atoms with Crippen LogP contribution in [-0.2, 0) is 6.42 Å². The summed E-state index contributed by atoms with van der Waals surface area (Å²) in [5, 5.41) is 0. The van der Waals surface area contributed by atoms with Crippen molar-refractivity contribution in [3.63, 3.8) is 0 Å². The van der Waals surface area contributed by atoms with Gasteiger partial charge >= 0.3 is 0 Å². The summed E-state index contributed by atoms with van der Waals surface area (Å²) >= 11 is 1.90. The molecule has 0 aliphatic carbocycles. The zero-order valence-corrected chi connectivity index (χ0v) is 10.3. The molecule has 1 aromatic carbocycles. The van der Waals surface area contributed by atoms with Gasteiger partial charge in [-0.25, -0.2) is 4.98 Å². The third kappa shape index (κ3) is 2.89. The first kappa shape index (κ1) is 11.3. The Morgan fingerprint density at radius 1 is 1.38 bits per heavy atom. The first-order valence-electron chi connectivity index (χ1n) is 5.48. The molecule has 1 heterocycles. The van der Waals surface area contributed by atoms with E-state index < -0.39 is 0 Å². The lowest BCUT2D eigenvalue weighted by molar-refractivity contribution is 0.934. The number of H-pyrrole nitrogens is 1. The molecule has 16 heavy (non-hydrogen) atoms. The Hall–Kier alpha value is -1.22. The van der Waals surface area contributed by atoms with Gasteiger partial charge < -0.3 is 4.98 Å². The topological polar surface area (TPSA) is 28.7 Å². The second kappa shape index (κ2) is 5.75. The van der Waals surface area contributed by atoms with E-state index in [1.165, 1.54) is 23.3 Å². The minimum absolute atomic E-state index is 0.951. The molecule has 0 radical (unpaired) electrons. The SMILES string of the molecule is CSCCCc1cccc(-c2ncc[nH]2)c1. The van der Waals surface area contributed by atoms with Crippen molar-refractivity contribution in [3.8, 4) is 11.4 Å². The van der Waals surface area contributed by atoms with E-state index in [9.17, 15) is 0 Å². The van der Waals surface area contributed by atoms with Crippen molar-refractivity contribution in [1.29, 1.82) is 0 Å². The summed E-state index contributed by atoms with van der Waals surface area (Å²) in [4.78, 5) is 7.40. The van der Waals surface area contributed by atoms with E-state index in [1.54, 1.807) is 6.20 Å². The third-order valence-electron chi connectivity index (χ3n) is 2.51. The zero-order chi connectivity index (χ0) is 11.2. The van der Waals surface area contributed by atoms with Gasteiger partial charge in [-0.1, -0.05) is 18.2 Å². The zero-order valence-electron chi connectivity index (χ0n) is 9.44. The molecule has 2 rings (SSSR count). The third-order valence-corrected chi connectivity index (χ3v) is 3.21. The molecular weight excluding hydrogens is 216 g/mol. The fraction of sp³-hybridized carbons (Fsp3) is 0.308. The summed E-state index contributed by atoms with van der Waals surface area (Å²) in [5.74, 6) is 2.18. The lowest BCUT2D eigenvalue weighted by Gasteiger charge is -2.03. The molecule has 0 fully saturated rings. The second-order valence-electron chi connectivity index (χ2n) is 3.73. The number of hydrogen-bond donors (Lipinski definition) is 1. The van der Waals surface area contributed by atoms with Crippen molar-refractivity contribution >= 4 is 11.8 Å². The summed E-state index contributed by atoms with van der Waals surface area (Å²) in [6, 6.07) is 8.61. The highest BCUT2D eigenvalue weighted by molar-refractivity contribution is 7.98. The van der Waals surface area contributed by atoms with Crippen molar-refractivity contribution in [3.05, 3.63) is 42.2 Å². The standard InChI is InChI=1S/C13H16N2S/c1-16-9-3-5-11-4-2-6-12(10-11)13-14-7-8-15-13/h2,4,6-8,10H,3,5,9H2,1H3,(H,14,15). The van der Waals surface area contributed by atoms with Crippen LogP contribution < -0.4 is 0 Å². The highest BCUT2D eigenvalue weighted by Gasteiger charge is 2.00. The number of nitrogens with zero attached hydrogens (tertiary/aromatic N) is 1. The van der Waals surface area contributed by atoms with E-state index in [-0.39, 0.29) is 0 Å². The van der Waals surface area contributed by atoms with Crippen molar-refractivity contribution < 1.29 is 0 Å². The highest BCUT2D eigenvalue weighted by Crippen LogP contribution is 2.17. The van der Waals surface area contributed by atoms with Crippen molar-refractivity contribution in [1.82, 2.24) is 9.97 Å². The van der Waals surface area contributed by atoms with Gasteiger partial charge in [-0.3, -0.25) is 0 Å². The lowest BCUT2D eigenvalue weighted by Crippen LogP contribution is -1.89. The van der Waals surface area contributed by atoms with Gasteiger partial charge in [0, 0.05) is 18.0 Å². The fourth-order valence-electron chi connectivity index (χ4n) is 1.72. The Morgan fingerprint density at radius 3 is 3.06 bits per heavy atom. The Morgan fingerprint density at radius 2 is 2.31 bits per heavy atom. The van der Waals surface area contributed by atoms with E-state index in [0.717, 1.165) is 12.2 Å². The number of nitrogens with one attached hydrogen (secondary N) is 1. The lowest BCUT2D eigenvalue weighted by atomic mass is 10.1. The Labute approximate surface area is 101 Å². The van der Waals surface area contributed by atoms with Gasteiger partial charge in [0.05, 0.1) is 0 Å². The van der Waals surface area contributed by atoms with Gasteiger partial charge in [0.15, 0.2) is 0 Å². The van der Waals surface area contributed by atoms with E-state index in [2.05, 4.69) is 40.5 Å². The first-order valence-corrected chi connectivity index (χ1v) is 6.87. The predicted molar refractivity (Wildman–Crippen MR) is 70.7 cm³/mol. The molecule has 0 aliphatic heterocycles. The van der Waals surface area contributed by atoms with Gasteiger partial charge in [-0.15, -0.1) is 0 Å². The number of imidazole rings is 1. The summed E-state index contributed by atoms with van der Waals surface area (Å²) in [5.41, 5.74) is 2.56. The maximum Gasteiger partial charge on any atom is 0.137 e.